The fourth-order valence-electron chi connectivity index (χ4n) is 0.910. The number of hydrogen-bond acceptors (Lipinski definition) is 5. The molecule has 0 spiro atoms. The van der Waals surface area contributed by atoms with Crippen molar-refractivity contribution in [3.8, 4) is 0 Å². The zero-order valence-electron chi connectivity index (χ0n) is 6.15. The lowest BCUT2D eigenvalue weighted by molar-refractivity contribution is -0.156. The number of carbonyl (C=O) groups excluding carboxylic acids is 1. The average Bonchev–Trinajstić information content (AvgIpc) is 2.34. The van der Waals surface area contributed by atoms with Gasteiger partial charge in [-0.1, -0.05) is 0 Å². The minimum absolute atomic E-state index is 0.159. The van der Waals surface area contributed by atoms with Crippen LogP contribution in [-0.4, -0.2) is 41.2 Å². The van der Waals surface area contributed by atoms with Gasteiger partial charge >= 0.3 is 12.1 Å². The molecule has 12 heavy (non-hydrogen) atoms. The van der Waals surface area contributed by atoms with Crippen LogP contribution >= 0.6 is 0 Å². The Labute approximate surface area is 67.7 Å². The van der Waals surface area contributed by atoms with E-state index in [1.165, 1.54) is 0 Å². The molecular weight excluding hydrogens is 168 g/mol. The van der Waals surface area contributed by atoms with Gasteiger partial charge in [0.25, 0.3) is 0 Å². The topological polar surface area (TPSA) is 93.1 Å². The summed E-state index contributed by atoms with van der Waals surface area (Å²) in [7, 11) is 0. The number of aliphatic hydroxyl groups excluding tert-OH is 1. The number of carboxylic acids is 1. The highest BCUT2D eigenvalue weighted by atomic mass is 16.8. The van der Waals surface area contributed by atoms with Crippen molar-refractivity contribution in [3.05, 3.63) is 0 Å². The number of hydrogen-bond donors (Lipinski definition) is 2. The molecule has 1 heterocycles. The van der Waals surface area contributed by atoms with Gasteiger partial charge in [0, 0.05) is 13.0 Å². The summed E-state index contributed by atoms with van der Waals surface area (Å²) in [5.41, 5.74) is -1.69. The van der Waals surface area contributed by atoms with E-state index in [2.05, 4.69) is 9.47 Å². The van der Waals surface area contributed by atoms with E-state index >= 15 is 0 Å². The third kappa shape index (κ3) is 1.33. The molecule has 1 saturated heterocycles. The van der Waals surface area contributed by atoms with Gasteiger partial charge in [-0.05, 0) is 0 Å². The first-order valence-corrected chi connectivity index (χ1v) is 3.31. The first-order valence-electron chi connectivity index (χ1n) is 3.31. The summed E-state index contributed by atoms with van der Waals surface area (Å²) in [6.07, 6.45) is -1.17. The minimum Gasteiger partial charge on any atom is -0.478 e. The molecule has 68 valence electrons. The van der Waals surface area contributed by atoms with E-state index < -0.39 is 17.7 Å². The summed E-state index contributed by atoms with van der Waals surface area (Å²) in [5, 5.41) is 17.2. The van der Waals surface area contributed by atoms with Crippen LogP contribution in [0.25, 0.3) is 0 Å². The highest BCUT2D eigenvalue weighted by Gasteiger charge is 2.49. The van der Waals surface area contributed by atoms with E-state index in [9.17, 15) is 9.59 Å². The predicted molar refractivity (Wildman–Crippen MR) is 34.5 cm³/mol. The first-order chi connectivity index (χ1) is 5.60. The molecule has 0 amide bonds. The van der Waals surface area contributed by atoms with Crippen molar-refractivity contribution in [1.29, 1.82) is 0 Å². The van der Waals surface area contributed by atoms with E-state index in [-0.39, 0.29) is 19.6 Å². The molecule has 1 aliphatic heterocycles. The lowest BCUT2D eigenvalue weighted by Gasteiger charge is -2.17. The fraction of sp³-hybridized carbons (Fsp3) is 0.667. The molecule has 0 radical (unpaired) electrons. The van der Waals surface area contributed by atoms with Crippen LogP contribution in [0.4, 0.5) is 4.79 Å². The van der Waals surface area contributed by atoms with Gasteiger partial charge in [-0.3, -0.25) is 0 Å². The maximum absolute atomic E-state index is 10.6. The summed E-state index contributed by atoms with van der Waals surface area (Å²) < 4.78 is 8.76. The molecular formula is C6H8O6. The largest absolute Gasteiger partial charge is 0.509 e. The molecule has 0 aromatic rings. The summed E-state index contributed by atoms with van der Waals surface area (Å²) in [6, 6.07) is 0. The van der Waals surface area contributed by atoms with Crippen molar-refractivity contribution in [3.63, 3.8) is 0 Å². The number of cyclic esters (lactones) is 2. The highest BCUT2D eigenvalue weighted by molar-refractivity contribution is 5.82. The molecule has 0 bridgehead atoms. The zero-order chi connectivity index (χ0) is 9.19. The molecule has 1 rings (SSSR count). The second kappa shape index (κ2) is 2.98. The molecule has 6 nitrogen and oxygen atoms in total. The normalized spacial score (nSPS) is 27.9. The molecule has 0 aliphatic carbocycles. The van der Waals surface area contributed by atoms with Crippen molar-refractivity contribution < 1.29 is 29.3 Å². The van der Waals surface area contributed by atoms with Crippen LogP contribution < -0.4 is 0 Å². The summed E-state index contributed by atoms with van der Waals surface area (Å²) in [5.74, 6) is -1.30. The minimum atomic E-state index is -1.69. The van der Waals surface area contributed by atoms with E-state index in [1.54, 1.807) is 0 Å². The lowest BCUT2D eigenvalue weighted by Crippen LogP contribution is -2.42. The van der Waals surface area contributed by atoms with Crippen LogP contribution in [0.15, 0.2) is 0 Å². The van der Waals surface area contributed by atoms with Gasteiger partial charge < -0.3 is 19.7 Å². The Balaban J connectivity index is 2.74. The van der Waals surface area contributed by atoms with Crippen LogP contribution in [0.1, 0.15) is 6.42 Å². The third-order valence-corrected chi connectivity index (χ3v) is 1.61. The molecule has 1 atom stereocenters. The van der Waals surface area contributed by atoms with Gasteiger partial charge in [-0.2, -0.15) is 0 Å². The van der Waals surface area contributed by atoms with Gasteiger partial charge in [0.15, 0.2) is 0 Å². The van der Waals surface area contributed by atoms with E-state index in [1.807, 2.05) is 0 Å². The van der Waals surface area contributed by atoms with Gasteiger partial charge in [-0.15, -0.1) is 0 Å². The second-order valence-corrected chi connectivity index (χ2v) is 2.41. The Kier molecular flexibility index (Phi) is 2.18. The maximum Gasteiger partial charge on any atom is 0.509 e. The highest BCUT2D eigenvalue weighted by Crippen LogP contribution is 2.23. The monoisotopic (exact) mass is 176 g/mol. The molecule has 6 heteroatoms. The number of aliphatic carboxylic acids is 1. The van der Waals surface area contributed by atoms with E-state index in [4.69, 9.17) is 10.2 Å². The average molecular weight is 176 g/mol. The van der Waals surface area contributed by atoms with E-state index in [0.717, 1.165) is 0 Å². The first kappa shape index (κ1) is 8.79. The SMILES string of the molecule is O=C1OCC(CCO)(C(=O)O)O1. The van der Waals surface area contributed by atoms with Crippen LogP contribution in [0.5, 0.6) is 0 Å². The van der Waals surface area contributed by atoms with Crippen molar-refractivity contribution >= 4 is 12.1 Å². The molecule has 0 aromatic carbocycles. The Morgan fingerprint density at radius 2 is 2.33 bits per heavy atom. The molecule has 0 saturated carbocycles. The summed E-state index contributed by atoms with van der Waals surface area (Å²) >= 11 is 0. The number of rotatable bonds is 3. The van der Waals surface area contributed by atoms with Gasteiger partial charge in [0.05, 0.1) is 0 Å². The number of carboxylic acid groups (broad SMARTS) is 1. The van der Waals surface area contributed by atoms with Crippen LogP contribution in [0, 0.1) is 0 Å². The zero-order valence-corrected chi connectivity index (χ0v) is 6.15. The van der Waals surface area contributed by atoms with Crippen molar-refractivity contribution in [1.82, 2.24) is 0 Å². The molecule has 1 aliphatic rings. The smallest absolute Gasteiger partial charge is 0.478 e. The van der Waals surface area contributed by atoms with Gasteiger partial charge in [0.2, 0.25) is 5.60 Å². The Bertz CT molecular complexity index is 212. The predicted octanol–water partition coefficient (Wildman–Crippen LogP) is -0.641. The van der Waals surface area contributed by atoms with Gasteiger partial charge in [0.1, 0.15) is 6.61 Å². The van der Waals surface area contributed by atoms with Crippen LogP contribution in [-0.2, 0) is 14.3 Å². The Hall–Kier alpha value is -1.30. The number of aliphatic hydroxyl groups is 1. The Morgan fingerprint density at radius 3 is 2.67 bits per heavy atom. The number of carbonyl (C=O) groups is 2. The van der Waals surface area contributed by atoms with Gasteiger partial charge in [-0.25, -0.2) is 9.59 Å². The second-order valence-electron chi connectivity index (χ2n) is 2.41. The van der Waals surface area contributed by atoms with E-state index in [0.29, 0.717) is 0 Å². The standard InChI is InChI=1S/C6H8O6/c7-2-1-6(4(8)9)3-11-5(10)12-6/h7H,1-3H2,(H,8,9). The molecule has 0 aromatic heterocycles. The lowest BCUT2D eigenvalue weighted by atomic mass is 10.0. The van der Waals surface area contributed by atoms with Crippen LogP contribution in [0.2, 0.25) is 0 Å². The summed E-state index contributed by atoms with van der Waals surface area (Å²) in [6.45, 7) is -0.718. The molecule has 1 fully saturated rings. The maximum atomic E-state index is 10.6. The number of ether oxygens (including phenoxy) is 2. The Morgan fingerprint density at radius 1 is 1.67 bits per heavy atom. The van der Waals surface area contributed by atoms with Crippen molar-refractivity contribution in [2.45, 2.75) is 12.0 Å². The third-order valence-electron chi connectivity index (χ3n) is 1.61. The van der Waals surface area contributed by atoms with Crippen molar-refractivity contribution in [2.75, 3.05) is 13.2 Å². The quantitative estimate of drug-likeness (QED) is 0.555. The molecule has 2 N–H and O–H groups in total. The summed E-state index contributed by atoms with van der Waals surface area (Å²) in [4.78, 5) is 21.0. The molecule has 1 unspecified atom stereocenters. The fourth-order valence-corrected chi connectivity index (χ4v) is 0.910. The van der Waals surface area contributed by atoms with Crippen LogP contribution in [0.3, 0.4) is 0 Å². The van der Waals surface area contributed by atoms with Crippen molar-refractivity contribution in [2.24, 2.45) is 0 Å².